The third-order valence-electron chi connectivity index (χ3n) is 5.33. The van der Waals surface area contributed by atoms with Crippen LogP contribution in [-0.4, -0.2) is 41.1 Å². The second-order valence-corrected chi connectivity index (χ2v) is 10.4. The summed E-state index contributed by atoms with van der Waals surface area (Å²) in [6.45, 7) is 5.86. The van der Waals surface area contributed by atoms with Gasteiger partial charge in [-0.05, 0) is 62.7 Å². The molecule has 0 saturated carbocycles. The number of nitrogens with one attached hydrogen (secondary N) is 1. The lowest BCUT2D eigenvalue weighted by molar-refractivity contribution is -0.119. The first-order valence-corrected chi connectivity index (χ1v) is 12.8. The number of aryl methyl sites for hydroxylation is 3. The molecule has 3 aromatic carbocycles. The Morgan fingerprint density at radius 3 is 2.23 bits per heavy atom. The fraction of sp³-hybridized carbons (Fsp3) is 0.269. The predicted octanol–water partition coefficient (Wildman–Crippen LogP) is 4.66. The van der Waals surface area contributed by atoms with Gasteiger partial charge in [-0.1, -0.05) is 47.0 Å². The van der Waals surface area contributed by atoms with Gasteiger partial charge in [0.1, 0.15) is 24.7 Å². The molecular formula is C26H29ClN2O5S. The molecule has 35 heavy (non-hydrogen) atoms. The Balaban J connectivity index is 1.75. The monoisotopic (exact) mass is 516 g/mol. The lowest BCUT2D eigenvalue weighted by Crippen LogP contribution is -2.42. The Hall–Kier alpha value is -3.23. The molecule has 3 rings (SSSR count). The Labute approximate surface area is 211 Å². The molecule has 0 unspecified atom stereocenters. The Kier molecular flexibility index (Phi) is 8.64. The number of ether oxygens (including phenoxy) is 2. The Morgan fingerprint density at radius 1 is 0.943 bits per heavy atom. The summed E-state index contributed by atoms with van der Waals surface area (Å²) in [4.78, 5) is 12.8. The van der Waals surface area contributed by atoms with Gasteiger partial charge in [-0.3, -0.25) is 9.10 Å². The van der Waals surface area contributed by atoms with Crippen LogP contribution in [0.2, 0.25) is 5.02 Å². The fourth-order valence-electron chi connectivity index (χ4n) is 3.46. The lowest BCUT2D eigenvalue weighted by atomic mass is 10.1. The highest BCUT2D eigenvalue weighted by Crippen LogP contribution is 2.32. The van der Waals surface area contributed by atoms with Crippen LogP contribution in [-0.2, 0) is 14.8 Å². The van der Waals surface area contributed by atoms with Gasteiger partial charge in [-0.15, -0.1) is 0 Å². The second-order valence-electron chi connectivity index (χ2n) is 8.11. The van der Waals surface area contributed by atoms with Gasteiger partial charge < -0.3 is 14.8 Å². The maximum absolute atomic E-state index is 13.5. The van der Waals surface area contributed by atoms with E-state index in [1.54, 1.807) is 24.3 Å². The summed E-state index contributed by atoms with van der Waals surface area (Å²) in [5, 5.41) is 2.96. The molecule has 0 spiro atoms. The van der Waals surface area contributed by atoms with E-state index in [9.17, 15) is 13.2 Å². The van der Waals surface area contributed by atoms with Gasteiger partial charge in [0.15, 0.2) is 0 Å². The topological polar surface area (TPSA) is 84.9 Å². The quantitative estimate of drug-likeness (QED) is 0.396. The standard InChI is InChI=1S/C26H29ClN2O5S/c1-18-5-9-22(10-6-18)35(31,32)29(21-8-12-25(33-4)23(27)16-21)17-26(30)28-13-14-34-24-11-7-19(2)15-20(24)3/h5-12,15-16H,13-14,17H2,1-4H3,(H,28,30). The number of methoxy groups -OCH3 is 1. The minimum Gasteiger partial charge on any atom is -0.495 e. The van der Waals surface area contributed by atoms with Gasteiger partial charge in [-0.25, -0.2) is 8.42 Å². The van der Waals surface area contributed by atoms with Gasteiger partial charge >= 0.3 is 0 Å². The van der Waals surface area contributed by atoms with E-state index < -0.39 is 22.5 Å². The molecule has 0 aromatic heterocycles. The van der Waals surface area contributed by atoms with Crippen LogP contribution in [0.5, 0.6) is 11.5 Å². The van der Waals surface area contributed by atoms with Crippen molar-refractivity contribution in [3.8, 4) is 11.5 Å². The van der Waals surface area contributed by atoms with Crippen molar-refractivity contribution in [3.05, 3.63) is 82.4 Å². The lowest BCUT2D eigenvalue weighted by Gasteiger charge is -2.24. The number of rotatable bonds is 10. The molecule has 3 aromatic rings. The maximum atomic E-state index is 13.5. The second kappa shape index (κ2) is 11.5. The minimum absolute atomic E-state index is 0.0704. The summed E-state index contributed by atoms with van der Waals surface area (Å²) in [6.07, 6.45) is 0. The first-order chi connectivity index (χ1) is 16.6. The van der Waals surface area contributed by atoms with Gasteiger partial charge in [0, 0.05) is 0 Å². The molecule has 0 atom stereocenters. The zero-order valence-electron chi connectivity index (χ0n) is 20.2. The van der Waals surface area contributed by atoms with Crippen LogP contribution < -0.4 is 19.1 Å². The molecule has 0 radical (unpaired) electrons. The van der Waals surface area contributed by atoms with E-state index in [2.05, 4.69) is 5.32 Å². The molecule has 0 bridgehead atoms. The zero-order chi connectivity index (χ0) is 25.6. The van der Waals surface area contributed by atoms with Crippen LogP contribution in [0.3, 0.4) is 0 Å². The summed E-state index contributed by atoms with van der Waals surface area (Å²) in [7, 11) is -2.58. The van der Waals surface area contributed by atoms with E-state index in [-0.39, 0.29) is 28.8 Å². The van der Waals surface area contributed by atoms with Crippen molar-refractivity contribution in [1.82, 2.24) is 5.32 Å². The van der Waals surface area contributed by atoms with Crippen molar-refractivity contribution in [2.75, 3.05) is 31.1 Å². The van der Waals surface area contributed by atoms with Crippen molar-refractivity contribution in [3.63, 3.8) is 0 Å². The number of benzene rings is 3. The first-order valence-electron chi connectivity index (χ1n) is 11.0. The molecular weight excluding hydrogens is 488 g/mol. The normalized spacial score (nSPS) is 11.1. The van der Waals surface area contributed by atoms with Gasteiger partial charge in [-0.2, -0.15) is 0 Å². The summed E-state index contributed by atoms with van der Waals surface area (Å²) in [5.41, 5.74) is 3.31. The van der Waals surface area contributed by atoms with Crippen molar-refractivity contribution in [2.24, 2.45) is 0 Å². The highest BCUT2D eigenvalue weighted by Gasteiger charge is 2.27. The van der Waals surface area contributed by atoms with Crippen LogP contribution >= 0.6 is 11.6 Å². The number of sulfonamides is 1. The number of halogens is 1. The average molecular weight is 517 g/mol. The number of carbonyl (C=O) groups excluding carboxylic acids is 1. The van der Waals surface area contributed by atoms with E-state index in [1.807, 2.05) is 39.0 Å². The number of hydrogen-bond donors (Lipinski definition) is 1. The fourth-order valence-corrected chi connectivity index (χ4v) is 5.13. The number of carbonyl (C=O) groups is 1. The number of amides is 1. The molecule has 1 N–H and O–H groups in total. The summed E-state index contributed by atoms with van der Waals surface area (Å²) in [5.74, 6) is 0.661. The Bertz CT molecular complexity index is 1290. The SMILES string of the molecule is COc1ccc(N(CC(=O)NCCOc2ccc(C)cc2C)S(=O)(=O)c2ccc(C)cc2)cc1Cl. The summed E-state index contributed by atoms with van der Waals surface area (Å²) >= 11 is 6.25. The molecule has 0 fully saturated rings. The van der Waals surface area contributed by atoms with Crippen molar-refractivity contribution in [1.29, 1.82) is 0 Å². The van der Waals surface area contributed by atoms with Crippen LogP contribution in [0, 0.1) is 20.8 Å². The molecule has 0 aliphatic rings. The van der Waals surface area contributed by atoms with E-state index in [0.29, 0.717) is 5.75 Å². The minimum atomic E-state index is -4.04. The zero-order valence-corrected chi connectivity index (χ0v) is 21.7. The number of nitrogens with zero attached hydrogens (tertiary/aromatic N) is 1. The molecule has 7 nitrogen and oxygen atoms in total. The van der Waals surface area contributed by atoms with Crippen LogP contribution in [0.15, 0.2) is 65.6 Å². The number of hydrogen-bond acceptors (Lipinski definition) is 5. The molecule has 0 heterocycles. The predicted molar refractivity (Wildman–Crippen MR) is 138 cm³/mol. The average Bonchev–Trinajstić information content (AvgIpc) is 2.81. The molecule has 0 aliphatic carbocycles. The van der Waals surface area contributed by atoms with Gasteiger partial charge in [0.25, 0.3) is 10.0 Å². The van der Waals surface area contributed by atoms with Gasteiger partial charge in [0.05, 0.1) is 29.3 Å². The van der Waals surface area contributed by atoms with Crippen molar-refractivity contribution < 1.29 is 22.7 Å². The number of anilines is 1. The molecule has 1 amide bonds. The third-order valence-corrected chi connectivity index (χ3v) is 7.42. The van der Waals surface area contributed by atoms with Crippen LogP contribution in [0.25, 0.3) is 0 Å². The first kappa shape index (κ1) is 26.4. The highest BCUT2D eigenvalue weighted by molar-refractivity contribution is 7.92. The molecule has 186 valence electrons. The Morgan fingerprint density at radius 2 is 1.60 bits per heavy atom. The summed E-state index contributed by atoms with van der Waals surface area (Å²) < 4.78 is 38.9. The highest BCUT2D eigenvalue weighted by atomic mass is 35.5. The van der Waals surface area contributed by atoms with E-state index >= 15 is 0 Å². The maximum Gasteiger partial charge on any atom is 0.264 e. The third kappa shape index (κ3) is 6.68. The van der Waals surface area contributed by atoms with E-state index in [4.69, 9.17) is 21.1 Å². The van der Waals surface area contributed by atoms with Crippen molar-refractivity contribution >= 4 is 33.2 Å². The van der Waals surface area contributed by atoms with Crippen LogP contribution in [0.4, 0.5) is 5.69 Å². The van der Waals surface area contributed by atoms with Gasteiger partial charge in [0.2, 0.25) is 5.91 Å². The molecule has 0 saturated heterocycles. The van der Waals surface area contributed by atoms with E-state index in [1.165, 1.54) is 25.3 Å². The van der Waals surface area contributed by atoms with E-state index in [0.717, 1.165) is 26.7 Å². The van der Waals surface area contributed by atoms with Crippen LogP contribution in [0.1, 0.15) is 16.7 Å². The largest absolute Gasteiger partial charge is 0.495 e. The summed E-state index contributed by atoms with van der Waals surface area (Å²) in [6, 6.07) is 16.9. The van der Waals surface area contributed by atoms with Crippen molar-refractivity contribution in [2.45, 2.75) is 25.7 Å². The smallest absolute Gasteiger partial charge is 0.264 e. The molecule has 9 heteroatoms. The molecule has 0 aliphatic heterocycles.